The number of thiol groups is 1. The van der Waals surface area contributed by atoms with Crippen molar-refractivity contribution in [1.29, 1.82) is 0 Å². The van der Waals surface area contributed by atoms with Crippen LogP contribution in [-0.2, 0) is 6.42 Å². The van der Waals surface area contributed by atoms with E-state index in [2.05, 4.69) is 36.9 Å². The van der Waals surface area contributed by atoms with E-state index in [1.165, 1.54) is 5.56 Å². The van der Waals surface area contributed by atoms with Gasteiger partial charge >= 0.3 is 0 Å². The van der Waals surface area contributed by atoms with Gasteiger partial charge in [0.15, 0.2) is 0 Å². The fraction of sp³-hybridized carbons (Fsp3) is 0.455. The minimum absolute atomic E-state index is 0.257. The Hall–Kier alpha value is -0.470. The van der Waals surface area contributed by atoms with Crippen molar-refractivity contribution in [3.63, 3.8) is 0 Å². The van der Waals surface area contributed by atoms with Crippen molar-refractivity contribution in [3.05, 3.63) is 35.9 Å². The Morgan fingerprint density at radius 2 is 1.92 bits per heavy atom. The smallest absolute Gasteiger partial charge is 0.0128 e. The van der Waals surface area contributed by atoms with E-state index in [4.69, 9.17) is 5.73 Å². The summed E-state index contributed by atoms with van der Waals surface area (Å²) in [4.78, 5) is 0. The van der Waals surface area contributed by atoms with Gasteiger partial charge in [-0.15, -0.1) is 0 Å². The molecule has 0 aliphatic heterocycles. The van der Waals surface area contributed by atoms with Gasteiger partial charge in [0.1, 0.15) is 0 Å². The molecule has 0 amide bonds. The molecule has 0 aliphatic rings. The molecular formula is C11H17NS. The first-order valence-electron chi connectivity index (χ1n) is 4.73. The minimum atomic E-state index is 0.257. The summed E-state index contributed by atoms with van der Waals surface area (Å²) in [7, 11) is 0. The molecule has 0 aliphatic carbocycles. The van der Waals surface area contributed by atoms with Crippen molar-refractivity contribution in [3.8, 4) is 0 Å². The molecule has 0 saturated heterocycles. The Labute approximate surface area is 85.8 Å². The molecule has 0 fully saturated rings. The van der Waals surface area contributed by atoms with Crippen molar-refractivity contribution in [2.45, 2.75) is 25.3 Å². The number of aryl methyl sites for hydroxylation is 1. The van der Waals surface area contributed by atoms with Gasteiger partial charge in [0.25, 0.3) is 0 Å². The van der Waals surface area contributed by atoms with Crippen LogP contribution >= 0.6 is 12.6 Å². The van der Waals surface area contributed by atoms with Crippen LogP contribution in [0.3, 0.4) is 0 Å². The summed E-state index contributed by atoms with van der Waals surface area (Å²) in [6.07, 6.45) is 3.35. The Morgan fingerprint density at radius 1 is 1.23 bits per heavy atom. The van der Waals surface area contributed by atoms with E-state index >= 15 is 0 Å². The quantitative estimate of drug-likeness (QED) is 0.693. The van der Waals surface area contributed by atoms with Crippen molar-refractivity contribution in [1.82, 2.24) is 0 Å². The maximum absolute atomic E-state index is 5.76. The van der Waals surface area contributed by atoms with Gasteiger partial charge in [-0.2, -0.15) is 12.6 Å². The molecule has 1 nitrogen and oxygen atoms in total. The summed E-state index contributed by atoms with van der Waals surface area (Å²) in [5, 5.41) is 0. The zero-order chi connectivity index (χ0) is 9.52. The van der Waals surface area contributed by atoms with Gasteiger partial charge in [-0.05, 0) is 24.8 Å². The van der Waals surface area contributed by atoms with Crippen LogP contribution in [0.2, 0.25) is 0 Å². The monoisotopic (exact) mass is 195 g/mol. The molecule has 2 heteroatoms. The van der Waals surface area contributed by atoms with Gasteiger partial charge in [-0.3, -0.25) is 0 Å². The number of nitrogens with two attached hydrogens (primary N) is 1. The molecule has 1 aromatic carbocycles. The largest absolute Gasteiger partial charge is 0.327 e. The number of hydrogen-bond donors (Lipinski definition) is 2. The molecule has 0 bridgehead atoms. The maximum Gasteiger partial charge on any atom is 0.0128 e. The van der Waals surface area contributed by atoms with Crippen molar-refractivity contribution >= 4 is 12.6 Å². The van der Waals surface area contributed by atoms with E-state index in [9.17, 15) is 0 Å². The topological polar surface area (TPSA) is 26.0 Å². The van der Waals surface area contributed by atoms with Crippen molar-refractivity contribution in [2.75, 3.05) is 5.75 Å². The number of benzene rings is 1. The SMILES string of the molecule is N[C@H](CS)CCCc1ccccc1. The first-order chi connectivity index (χ1) is 6.33. The molecule has 1 rings (SSSR count). The fourth-order valence-electron chi connectivity index (χ4n) is 1.30. The standard InChI is InChI=1S/C11H17NS/c12-11(9-13)8-4-7-10-5-2-1-3-6-10/h1-3,5-6,11,13H,4,7-9,12H2/t11-/m0/s1. The molecule has 0 saturated carbocycles. The molecule has 0 unspecified atom stereocenters. The van der Waals surface area contributed by atoms with Crippen LogP contribution in [0.1, 0.15) is 18.4 Å². The molecule has 2 N–H and O–H groups in total. The van der Waals surface area contributed by atoms with Crippen LogP contribution in [0.15, 0.2) is 30.3 Å². The van der Waals surface area contributed by atoms with E-state index < -0.39 is 0 Å². The zero-order valence-electron chi connectivity index (χ0n) is 7.82. The molecule has 0 aromatic heterocycles. The lowest BCUT2D eigenvalue weighted by atomic mass is 10.1. The lowest BCUT2D eigenvalue weighted by molar-refractivity contribution is 0.632. The average molecular weight is 195 g/mol. The fourth-order valence-corrected chi connectivity index (χ4v) is 1.49. The highest BCUT2D eigenvalue weighted by Gasteiger charge is 1.99. The Kier molecular flexibility index (Phi) is 4.94. The first kappa shape index (κ1) is 10.6. The summed E-state index contributed by atoms with van der Waals surface area (Å²) >= 11 is 4.15. The van der Waals surface area contributed by atoms with Gasteiger partial charge in [0.05, 0.1) is 0 Å². The predicted molar refractivity (Wildman–Crippen MR) is 61.2 cm³/mol. The molecule has 0 radical (unpaired) electrons. The molecule has 0 heterocycles. The molecule has 72 valence electrons. The zero-order valence-corrected chi connectivity index (χ0v) is 8.71. The number of hydrogen-bond acceptors (Lipinski definition) is 2. The van der Waals surface area contributed by atoms with E-state index in [0.29, 0.717) is 0 Å². The highest BCUT2D eigenvalue weighted by molar-refractivity contribution is 7.80. The first-order valence-corrected chi connectivity index (χ1v) is 5.36. The van der Waals surface area contributed by atoms with Crippen LogP contribution in [-0.4, -0.2) is 11.8 Å². The summed E-state index contributed by atoms with van der Waals surface area (Å²) in [6.45, 7) is 0. The molecule has 1 aromatic rings. The molecule has 13 heavy (non-hydrogen) atoms. The van der Waals surface area contributed by atoms with Crippen molar-refractivity contribution < 1.29 is 0 Å². The van der Waals surface area contributed by atoms with Gasteiger partial charge in [-0.1, -0.05) is 30.3 Å². The second-order valence-electron chi connectivity index (χ2n) is 3.32. The Bertz CT molecular complexity index is 223. The third-order valence-electron chi connectivity index (χ3n) is 2.12. The summed E-state index contributed by atoms with van der Waals surface area (Å²) < 4.78 is 0. The summed E-state index contributed by atoms with van der Waals surface area (Å²) in [6, 6.07) is 10.8. The molecular weight excluding hydrogens is 178 g/mol. The summed E-state index contributed by atoms with van der Waals surface area (Å²) in [5.74, 6) is 0.786. The second kappa shape index (κ2) is 6.06. The van der Waals surface area contributed by atoms with Crippen LogP contribution in [0.25, 0.3) is 0 Å². The summed E-state index contributed by atoms with van der Waals surface area (Å²) in [5.41, 5.74) is 7.16. The highest BCUT2D eigenvalue weighted by atomic mass is 32.1. The highest BCUT2D eigenvalue weighted by Crippen LogP contribution is 2.05. The third kappa shape index (κ3) is 4.34. The minimum Gasteiger partial charge on any atom is -0.327 e. The van der Waals surface area contributed by atoms with Gasteiger partial charge in [0, 0.05) is 11.8 Å². The van der Waals surface area contributed by atoms with Crippen LogP contribution in [0, 0.1) is 0 Å². The van der Waals surface area contributed by atoms with E-state index in [-0.39, 0.29) is 6.04 Å². The molecule has 0 spiro atoms. The van der Waals surface area contributed by atoms with Gasteiger partial charge < -0.3 is 5.73 Å². The normalized spacial score (nSPS) is 12.8. The van der Waals surface area contributed by atoms with Crippen LogP contribution < -0.4 is 5.73 Å². The van der Waals surface area contributed by atoms with E-state index in [1.807, 2.05) is 6.07 Å². The van der Waals surface area contributed by atoms with Gasteiger partial charge in [-0.25, -0.2) is 0 Å². The average Bonchev–Trinajstić information content (AvgIpc) is 2.19. The Morgan fingerprint density at radius 3 is 2.54 bits per heavy atom. The van der Waals surface area contributed by atoms with E-state index in [1.54, 1.807) is 0 Å². The number of rotatable bonds is 5. The van der Waals surface area contributed by atoms with E-state index in [0.717, 1.165) is 25.0 Å². The van der Waals surface area contributed by atoms with Crippen LogP contribution in [0.5, 0.6) is 0 Å². The molecule has 1 atom stereocenters. The van der Waals surface area contributed by atoms with Crippen LogP contribution in [0.4, 0.5) is 0 Å². The maximum atomic E-state index is 5.76. The second-order valence-corrected chi connectivity index (χ2v) is 3.69. The third-order valence-corrected chi connectivity index (χ3v) is 2.59. The lowest BCUT2D eigenvalue weighted by Gasteiger charge is -2.07. The lowest BCUT2D eigenvalue weighted by Crippen LogP contribution is -2.21. The van der Waals surface area contributed by atoms with Gasteiger partial charge in [0.2, 0.25) is 0 Å². The predicted octanol–water partition coefficient (Wildman–Crippen LogP) is 2.27. The Balaban J connectivity index is 2.20. The van der Waals surface area contributed by atoms with Crippen molar-refractivity contribution in [2.24, 2.45) is 5.73 Å².